The highest BCUT2D eigenvalue weighted by Crippen LogP contribution is 2.08. The number of aromatic amines is 1. The van der Waals surface area contributed by atoms with Crippen molar-refractivity contribution in [3.8, 4) is 0 Å². The molecule has 0 atom stereocenters. The van der Waals surface area contributed by atoms with Crippen molar-refractivity contribution < 1.29 is 0 Å². The second-order valence-corrected chi connectivity index (χ2v) is 3.13. The summed E-state index contributed by atoms with van der Waals surface area (Å²) in [6.07, 6.45) is 4.67. The predicted molar refractivity (Wildman–Crippen MR) is 49.7 cm³/mol. The Balaban J connectivity index is 2.85. The lowest BCUT2D eigenvalue weighted by atomic mass is 10.4. The van der Waals surface area contributed by atoms with Gasteiger partial charge in [-0.3, -0.25) is 4.79 Å². The molecule has 0 bridgehead atoms. The van der Waals surface area contributed by atoms with E-state index in [2.05, 4.69) is 19.9 Å². The van der Waals surface area contributed by atoms with Gasteiger partial charge in [0.15, 0.2) is 10.8 Å². The zero-order valence-electron chi connectivity index (χ0n) is 6.81. The van der Waals surface area contributed by atoms with Crippen LogP contribution < -0.4 is 5.56 Å². The molecule has 13 heavy (non-hydrogen) atoms. The molecule has 0 saturated heterocycles. The molecule has 0 fully saturated rings. The van der Waals surface area contributed by atoms with E-state index < -0.39 is 0 Å². The number of thioether (sulfide) groups is 1. The average Bonchev–Trinajstić information content (AvgIpc) is 2.18. The first-order chi connectivity index (χ1) is 6.31. The van der Waals surface area contributed by atoms with E-state index in [0.29, 0.717) is 16.2 Å². The first-order valence-electron chi connectivity index (χ1n) is 3.55. The molecule has 0 radical (unpaired) electrons. The van der Waals surface area contributed by atoms with E-state index >= 15 is 0 Å². The van der Waals surface area contributed by atoms with Crippen LogP contribution in [0.1, 0.15) is 0 Å². The molecule has 6 heteroatoms. The van der Waals surface area contributed by atoms with Gasteiger partial charge in [0.2, 0.25) is 0 Å². The molecular formula is C7H6N4OS. The normalized spacial score (nSPS) is 10.5. The van der Waals surface area contributed by atoms with Crippen LogP contribution in [0.3, 0.4) is 0 Å². The molecule has 66 valence electrons. The summed E-state index contributed by atoms with van der Waals surface area (Å²) in [5.74, 6) is 0. The molecule has 2 rings (SSSR count). The van der Waals surface area contributed by atoms with Crippen LogP contribution >= 0.6 is 11.8 Å². The monoisotopic (exact) mass is 194 g/mol. The first-order valence-corrected chi connectivity index (χ1v) is 4.78. The van der Waals surface area contributed by atoms with E-state index in [4.69, 9.17) is 0 Å². The number of nitrogens with one attached hydrogen (secondary N) is 1. The van der Waals surface area contributed by atoms with Gasteiger partial charge in [0.25, 0.3) is 5.56 Å². The summed E-state index contributed by atoms with van der Waals surface area (Å²) < 4.78 is 0. The van der Waals surface area contributed by atoms with E-state index in [0.717, 1.165) is 0 Å². The fraction of sp³-hybridized carbons (Fsp3) is 0.143. The van der Waals surface area contributed by atoms with Gasteiger partial charge in [0.1, 0.15) is 11.7 Å². The van der Waals surface area contributed by atoms with E-state index in [1.807, 2.05) is 6.26 Å². The molecule has 5 nitrogen and oxygen atoms in total. The van der Waals surface area contributed by atoms with Crippen LogP contribution in [0.2, 0.25) is 0 Å². The number of nitrogens with zero attached hydrogens (tertiary/aromatic N) is 3. The van der Waals surface area contributed by atoms with Crippen molar-refractivity contribution in [1.82, 2.24) is 19.9 Å². The van der Waals surface area contributed by atoms with Crippen molar-refractivity contribution in [2.45, 2.75) is 5.16 Å². The Kier molecular flexibility index (Phi) is 1.97. The minimum atomic E-state index is -0.199. The molecule has 2 aromatic rings. The van der Waals surface area contributed by atoms with Crippen molar-refractivity contribution in [2.24, 2.45) is 0 Å². The van der Waals surface area contributed by atoms with Crippen LogP contribution in [0, 0.1) is 0 Å². The van der Waals surface area contributed by atoms with E-state index in [1.54, 1.807) is 0 Å². The van der Waals surface area contributed by atoms with Crippen LogP contribution in [0.4, 0.5) is 0 Å². The number of hydrogen-bond donors (Lipinski definition) is 1. The average molecular weight is 194 g/mol. The zero-order valence-corrected chi connectivity index (χ0v) is 7.63. The Morgan fingerprint density at radius 2 is 2.38 bits per heavy atom. The Labute approximate surface area is 77.6 Å². The van der Waals surface area contributed by atoms with E-state index in [1.165, 1.54) is 24.3 Å². The molecule has 0 amide bonds. The number of aromatic nitrogens is 4. The van der Waals surface area contributed by atoms with Crippen LogP contribution in [0.15, 0.2) is 22.5 Å². The molecule has 0 aliphatic carbocycles. The van der Waals surface area contributed by atoms with Gasteiger partial charge < -0.3 is 4.98 Å². The quantitative estimate of drug-likeness (QED) is 0.526. The Morgan fingerprint density at radius 3 is 3.15 bits per heavy atom. The van der Waals surface area contributed by atoms with Crippen molar-refractivity contribution in [1.29, 1.82) is 0 Å². The van der Waals surface area contributed by atoms with Gasteiger partial charge in [-0.05, 0) is 6.26 Å². The van der Waals surface area contributed by atoms with Crippen molar-refractivity contribution in [3.05, 3.63) is 22.9 Å². The van der Waals surface area contributed by atoms with Gasteiger partial charge in [-0.25, -0.2) is 15.0 Å². The summed E-state index contributed by atoms with van der Waals surface area (Å²) in [4.78, 5) is 25.7. The summed E-state index contributed by atoms with van der Waals surface area (Å²) >= 11 is 1.37. The number of H-pyrrole nitrogens is 1. The third kappa shape index (κ3) is 1.40. The SMILES string of the molecule is CSc1nc2ncncc2c(=O)[nH]1. The molecule has 1 N–H and O–H groups in total. The lowest BCUT2D eigenvalue weighted by molar-refractivity contribution is 0.957. The van der Waals surface area contributed by atoms with Crippen LogP contribution in [0.25, 0.3) is 11.0 Å². The van der Waals surface area contributed by atoms with Crippen LogP contribution in [-0.2, 0) is 0 Å². The smallest absolute Gasteiger partial charge is 0.262 e. The van der Waals surface area contributed by atoms with E-state index in [-0.39, 0.29) is 5.56 Å². The fourth-order valence-corrected chi connectivity index (χ4v) is 1.33. The number of rotatable bonds is 1. The van der Waals surface area contributed by atoms with Crippen molar-refractivity contribution in [2.75, 3.05) is 6.26 Å². The molecular weight excluding hydrogens is 188 g/mol. The molecule has 0 saturated carbocycles. The number of hydrogen-bond acceptors (Lipinski definition) is 5. The third-order valence-electron chi connectivity index (χ3n) is 1.56. The molecule has 0 unspecified atom stereocenters. The fourth-order valence-electron chi connectivity index (χ4n) is 0.958. The molecule has 2 heterocycles. The number of fused-ring (bicyclic) bond motifs is 1. The zero-order chi connectivity index (χ0) is 9.26. The predicted octanol–water partition coefficient (Wildman–Crippen LogP) is 0.435. The van der Waals surface area contributed by atoms with Gasteiger partial charge in [-0.15, -0.1) is 0 Å². The van der Waals surface area contributed by atoms with Gasteiger partial charge >= 0.3 is 0 Å². The molecule has 0 aliphatic heterocycles. The summed E-state index contributed by atoms with van der Waals surface area (Å²) in [7, 11) is 0. The van der Waals surface area contributed by atoms with Crippen molar-refractivity contribution >= 4 is 22.8 Å². The molecule has 2 aromatic heterocycles. The minimum Gasteiger partial charge on any atom is -0.301 e. The largest absolute Gasteiger partial charge is 0.301 e. The molecule has 0 aromatic carbocycles. The molecule has 0 spiro atoms. The maximum absolute atomic E-state index is 11.4. The highest BCUT2D eigenvalue weighted by atomic mass is 32.2. The topological polar surface area (TPSA) is 71.5 Å². The van der Waals surface area contributed by atoms with Crippen LogP contribution in [-0.4, -0.2) is 26.2 Å². The van der Waals surface area contributed by atoms with Gasteiger partial charge in [0.05, 0.1) is 0 Å². The lowest BCUT2D eigenvalue weighted by Crippen LogP contribution is -2.09. The summed E-state index contributed by atoms with van der Waals surface area (Å²) in [6.45, 7) is 0. The Hall–Kier alpha value is -1.43. The summed E-state index contributed by atoms with van der Waals surface area (Å²) in [5, 5.41) is 0.983. The lowest BCUT2D eigenvalue weighted by Gasteiger charge is -1.96. The Morgan fingerprint density at radius 1 is 1.54 bits per heavy atom. The van der Waals surface area contributed by atoms with E-state index in [9.17, 15) is 4.79 Å². The van der Waals surface area contributed by atoms with Crippen molar-refractivity contribution in [3.63, 3.8) is 0 Å². The second-order valence-electron chi connectivity index (χ2n) is 2.34. The molecule has 0 aliphatic rings. The van der Waals surface area contributed by atoms with Gasteiger partial charge in [0, 0.05) is 6.20 Å². The highest BCUT2D eigenvalue weighted by molar-refractivity contribution is 7.98. The van der Waals surface area contributed by atoms with Gasteiger partial charge in [-0.2, -0.15) is 0 Å². The minimum absolute atomic E-state index is 0.199. The first kappa shape index (κ1) is 8.18. The Bertz CT molecular complexity index is 495. The maximum atomic E-state index is 11.4. The maximum Gasteiger partial charge on any atom is 0.262 e. The van der Waals surface area contributed by atoms with Gasteiger partial charge in [-0.1, -0.05) is 11.8 Å². The third-order valence-corrected chi connectivity index (χ3v) is 2.14. The highest BCUT2D eigenvalue weighted by Gasteiger charge is 2.02. The summed E-state index contributed by atoms with van der Waals surface area (Å²) in [6, 6.07) is 0. The van der Waals surface area contributed by atoms with Crippen LogP contribution in [0.5, 0.6) is 0 Å². The standard InChI is InChI=1S/C7H6N4OS/c1-13-7-10-5-4(6(12)11-7)2-8-3-9-5/h2-3H,1H3,(H,8,9,10,11,12). The summed E-state index contributed by atoms with van der Waals surface area (Å²) in [5.41, 5.74) is 0.234. The second kappa shape index (κ2) is 3.14.